The summed E-state index contributed by atoms with van der Waals surface area (Å²) in [5.41, 5.74) is 2.26. The highest BCUT2D eigenvalue weighted by Crippen LogP contribution is 2.28. The van der Waals surface area contributed by atoms with Crippen LogP contribution in [0.25, 0.3) is 0 Å². The summed E-state index contributed by atoms with van der Waals surface area (Å²) in [7, 11) is 3.22. The van der Waals surface area contributed by atoms with Gasteiger partial charge in [-0.15, -0.1) is 0 Å². The number of carbonyl (C=O) groups excluding carboxylic acids is 1. The first-order valence-electron chi connectivity index (χ1n) is 9.37. The van der Waals surface area contributed by atoms with Gasteiger partial charge in [0.05, 0.1) is 20.6 Å². The molecule has 2 aromatic carbocycles. The minimum absolute atomic E-state index is 0.161. The Bertz CT molecular complexity index is 763. The number of rotatable bonds is 6. The highest BCUT2D eigenvalue weighted by atomic mass is 16.5. The van der Waals surface area contributed by atoms with Crippen LogP contribution in [0.15, 0.2) is 48.5 Å². The predicted octanol–water partition coefficient (Wildman–Crippen LogP) is 2.98. The number of carbonyl (C=O) groups is 1. The van der Waals surface area contributed by atoms with Crippen molar-refractivity contribution in [1.82, 2.24) is 9.80 Å². The first-order valence-corrected chi connectivity index (χ1v) is 9.37. The summed E-state index contributed by atoms with van der Waals surface area (Å²) in [6, 6.07) is 16.5. The Labute approximate surface area is 161 Å². The summed E-state index contributed by atoms with van der Waals surface area (Å²) >= 11 is 0. The van der Waals surface area contributed by atoms with Crippen molar-refractivity contribution in [3.05, 3.63) is 59.7 Å². The van der Waals surface area contributed by atoms with Crippen molar-refractivity contribution in [2.75, 3.05) is 33.9 Å². The summed E-state index contributed by atoms with van der Waals surface area (Å²) in [5.74, 6) is 1.49. The van der Waals surface area contributed by atoms with Crippen molar-refractivity contribution in [1.29, 1.82) is 0 Å². The van der Waals surface area contributed by atoms with Gasteiger partial charge >= 0.3 is 0 Å². The molecule has 0 N–H and O–H groups in total. The molecule has 1 unspecified atom stereocenters. The first-order chi connectivity index (χ1) is 13.1. The van der Waals surface area contributed by atoms with Crippen LogP contribution in [-0.2, 0) is 17.8 Å². The molecule has 144 valence electrons. The number of hydrogen-bond donors (Lipinski definition) is 0. The molecule has 1 aliphatic heterocycles. The van der Waals surface area contributed by atoms with Gasteiger partial charge in [-0.25, -0.2) is 0 Å². The van der Waals surface area contributed by atoms with Gasteiger partial charge in [0, 0.05) is 32.2 Å². The molecule has 0 aromatic heterocycles. The lowest BCUT2D eigenvalue weighted by molar-refractivity contribution is -0.133. The molecule has 3 rings (SSSR count). The van der Waals surface area contributed by atoms with Crippen LogP contribution in [0.2, 0.25) is 0 Å². The fraction of sp³-hybridized carbons (Fsp3) is 0.409. The molecule has 1 saturated heterocycles. The molecule has 2 aromatic rings. The summed E-state index contributed by atoms with van der Waals surface area (Å²) in [6.45, 7) is 5.55. The number of piperazine rings is 1. The average molecular weight is 368 g/mol. The molecule has 1 aliphatic rings. The van der Waals surface area contributed by atoms with Crippen LogP contribution in [0.4, 0.5) is 0 Å². The molecule has 1 amide bonds. The zero-order chi connectivity index (χ0) is 19.2. The van der Waals surface area contributed by atoms with Crippen molar-refractivity contribution in [2.24, 2.45) is 0 Å². The van der Waals surface area contributed by atoms with E-state index in [1.165, 1.54) is 5.56 Å². The van der Waals surface area contributed by atoms with Gasteiger partial charge in [0.2, 0.25) is 5.91 Å². The summed E-state index contributed by atoms with van der Waals surface area (Å²) < 4.78 is 10.6. The number of nitrogens with zero attached hydrogens (tertiary/aromatic N) is 2. The molecule has 0 saturated carbocycles. The Kier molecular flexibility index (Phi) is 6.35. The van der Waals surface area contributed by atoms with E-state index in [0.717, 1.165) is 31.7 Å². The maximum atomic E-state index is 12.8. The molecule has 1 fully saturated rings. The molecular formula is C22H28N2O3. The second kappa shape index (κ2) is 8.91. The van der Waals surface area contributed by atoms with Crippen molar-refractivity contribution in [3.63, 3.8) is 0 Å². The Balaban J connectivity index is 1.57. The van der Waals surface area contributed by atoms with E-state index in [4.69, 9.17) is 9.47 Å². The largest absolute Gasteiger partial charge is 0.493 e. The van der Waals surface area contributed by atoms with Crippen LogP contribution in [0, 0.1) is 0 Å². The molecule has 0 bridgehead atoms. The third-order valence-electron chi connectivity index (χ3n) is 5.15. The Hall–Kier alpha value is -2.53. The van der Waals surface area contributed by atoms with Crippen LogP contribution < -0.4 is 9.47 Å². The maximum Gasteiger partial charge on any atom is 0.227 e. The van der Waals surface area contributed by atoms with E-state index in [0.29, 0.717) is 24.0 Å². The Morgan fingerprint density at radius 2 is 1.74 bits per heavy atom. The number of amides is 1. The van der Waals surface area contributed by atoms with Gasteiger partial charge in [0.15, 0.2) is 11.5 Å². The van der Waals surface area contributed by atoms with Gasteiger partial charge in [-0.2, -0.15) is 0 Å². The van der Waals surface area contributed by atoms with Crippen molar-refractivity contribution >= 4 is 5.91 Å². The standard InChI is InChI=1S/C22H28N2O3/c1-17-15-24(12-11-23(17)16-18-7-5-4-6-8-18)22(25)14-19-9-10-20(26-2)21(13-19)27-3/h4-10,13,17H,11-12,14-16H2,1-3H3. The van der Waals surface area contributed by atoms with E-state index in [2.05, 4.69) is 36.1 Å². The smallest absolute Gasteiger partial charge is 0.227 e. The van der Waals surface area contributed by atoms with Gasteiger partial charge in [-0.05, 0) is 30.2 Å². The van der Waals surface area contributed by atoms with E-state index in [1.807, 2.05) is 29.2 Å². The number of hydrogen-bond acceptors (Lipinski definition) is 4. The Morgan fingerprint density at radius 1 is 1.00 bits per heavy atom. The van der Waals surface area contributed by atoms with E-state index >= 15 is 0 Å². The van der Waals surface area contributed by atoms with Crippen LogP contribution >= 0.6 is 0 Å². The van der Waals surface area contributed by atoms with Crippen molar-refractivity contribution in [3.8, 4) is 11.5 Å². The SMILES string of the molecule is COc1ccc(CC(=O)N2CCN(Cc3ccccc3)C(C)C2)cc1OC. The number of ether oxygens (including phenoxy) is 2. The van der Waals surface area contributed by atoms with E-state index in [1.54, 1.807) is 14.2 Å². The lowest BCUT2D eigenvalue weighted by Gasteiger charge is -2.40. The van der Waals surface area contributed by atoms with Crippen LogP contribution in [0.1, 0.15) is 18.1 Å². The normalized spacial score (nSPS) is 17.6. The minimum atomic E-state index is 0.161. The first kappa shape index (κ1) is 19.2. The molecule has 0 aliphatic carbocycles. The van der Waals surface area contributed by atoms with Crippen LogP contribution in [-0.4, -0.2) is 55.6 Å². The predicted molar refractivity (Wildman–Crippen MR) is 106 cm³/mol. The molecule has 1 heterocycles. The van der Waals surface area contributed by atoms with E-state index in [-0.39, 0.29) is 5.91 Å². The quantitative estimate of drug-likeness (QED) is 0.786. The summed E-state index contributed by atoms with van der Waals surface area (Å²) in [4.78, 5) is 17.2. The lowest BCUT2D eigenvalue weighted by atomic mass is 10.1. The molecule has 1 atom stereocenters. The molecule has 0 spiro atoms. The minimum Gasteiger partial charge on any atom is -0.493 e. The van der Waals surface area contributed by atoms with Gasteiger partial charge in [-0.3, -0.25) is 9.69 Å². The zero-order valence-electron chi connectivity index (χ0n) is 16.4. The van der Waals surface area contributed by atoms with E-state index in [9.17, 15) is 4.79 Å². The maximum absolute atomic E-state index is 12.8. The van der Waals surface area contributed by atoms with Crippen molar-refractivity contribution in [2.45, 2.75) is 25.9 Å². The van der Waals surface area contributed by atoms with Crippen LogP contribution in [0.3, 0.4) is 0 Å². The second-order valence-electron chi connectivity index (χ2n) is 7.01. The third-order valence-corrected chi connectivity index (χ3v) is 5.15. The molecular weight excluding hydrogens is 340 g/mol. The van der Waals surface area contributed by atoms with Crippen molar-refractivity contribution < 1.29 is 14.3 Å². The molecule has 27 heavy (non-hydrogen) atoms. The van der Waals surface area contributed by atoms with E-state index < -0.39 is 0 Å². The summed E-state index contributed by atoms with van der Waals surface area (Å²) in [5, 5.41) is 0. The fourth-order valence-electron chi connectivity index (χ4n) is 3.55. The summed E-state index contributed by atoms with van der Waals surface area (Å²) in [6.07, 6.45) is 0.381. The van der Waals surface area contributed by atoms with Gasteiger partial charge in [0.1, 0.15) is 0 Å². The molecule has 5 nitrogen and oxygen atoms in total. The third kappa shape index (κ3) is 4.80. The number of benzene rings is 2. The topological polar surface area (TPSA) is 42.0 Å². The number of methoxy groups -OCH3 is 2. The van der Waals surface area contributed by atoms with Crippen LogP contribution in [0.5, 0.6) is 11.5 Å². The van der Waals surface area contributed by atoms with Gasteiger partial charge in [-0.1, -0.05) is 36.4 Å². The highest BCUT2D eigenvalue weighted by molar-refractivity contribution is 5.79. The van der Waals surface area contributed by atoms with Gasteiger partial charge < -0.3 is 14.4 Å². The lowest BCUT2D eigenvalue weighted by Crippen LogP contribution is -2.53. The molecule has 5 heteroatoms. The van der Waals surface area contributed by atoms with Gasteiger partial charge in [0.25, 0.3) is 0 Å². The Morgan fingerprint density at radius 3 is 2.41 bits per heavy atom. The second-order valence-corrected chi connectivity index (χ2v) is 7.01. The highest BCUT2D eigenvalue weighted by Gasteiger charge is 2.26. The fourth-order valence-corrected chi connectivity index (χ4v) is 3.55. The zero-order valence-corrected chi connectivity index (χ0v) is 16.4. The average Bonchev–Trinajstić information content (AvgIpc) is 2.70. The molecule has 0 radical (unpaired) electrons. The monoisotopic (exact) mass is 368 g/mol.